The van der Waals surface area contributed by atoms with Crippen LogP contribution in [0.15, 0.2) is 24.3 Å². The average Bonchev–Trinajstić information content (AvgIpc) is 2.34. The van der Waals surface area contributed by atoms with Crippen LogP contribution in [0.1, 0.15) is 55.7 Å². The summed E-state index contributed by atoms with van der Waals surface area (Å²) in [6, 6.07) is 8.89. The number of ether oxygens (including phenoxy) is 1. The molecule has 0 heterocycles. The van der Waals surface area contributed by atoms with Gasteiger partial charge in [-0.15, -0.1) is 0 Å². The zero-order valence-corrected chi connectivity index (χ0v) is 11.2. The van der Waals surface area contributed by atoms with Gasteiger partial charge in [-0.25, -0.2) is 0 Å². The van der Waals surface area contributed by atoms with Gasteiger partial charge in [0.15, 0.2) is 0 Å². The highest BCUT2D eigenvalue weighted by molar-refractivity contribution is 5.34. The molecule has 2 rings (SSSR count). The van der Waals surface area contributed by atoms with E-state index >= 15 is 0 Å². The molecule has 1 saturated carbocycles. The quantitative estimate of drug-likeness (QED) is 0.443. The Morgan fingerprint density at radius 1 is 1.39 bits per heavy atom. The third kappa shape index (κ3) is 3.10. The van der Waals surface area contributed by atoms with Gasteiger partial charge in [-0.05, 0) is 43.2 Å². The highest BCUT2D eigenvalue weighted by Crippen LogP contribution is 2.39. The highest BCUT2D eigenvalue weighted by Gasteiger charge is 2.24. The minimum atomic E-state index is 0.202. The third-order valence-electron chi connectivity index (χ3n) is 3.87. The molecule has 1 aliphatic rings. The van der Waals surface area contributed by atoms with Gasteiger partial charge in [0.2, 0.25) is 0 Å². The van der Waals surface area contributed by atoms with E-state index in [9.17, 15) is 0 Å². The summed E-state index contributed by atoms with van der Waals surface area (Å²) in [6.07, 6.45) is 4.92. The summed E-state index contributed by atoms with van der Waals surface area (Å²) in [4.78, 5) is 0. The molecule has 1 aromatic carbocycles. The molecule has 100 valence electrons. The van der Waals surface area contributed by atoms with E-state index in [4.69, 9.17) is 10.6 Å². The van der Waals surface area contributed by atoms with Crippen molar-refractivity contribution < 1.29 is 4.74 Å². The Labute approximate surface area is 110 Å². The fraction of sp³-hybridized carbons (Fsp3) is 0.600. The van der Waals surface area contributed by atoms with Gasteiger partial charge in [0, 0.05) is 19.3 Å². The van der Waals surface area contributed by atoms with Crippen LogP contribution in [0.2, 0.25) is 0 Å². The third-order valence-corrected chi connectivity index (χ3v) is 3.87. The lowest BCUT2D eigenvalue weighted by Gasteiger charge is -2.30. The molecule has 0 aromatic heterocycles. The van der Waals surface area contributed by atoms with Crippen molar-refractivity contribution in [2.45, 2.75) is 44.6 Å². The number of nitrogens with one attached hydrogen (secondary N) is 1. The summed E-state index contributed by atoms with van der Waals surface area (Å²) >= 11 is 0. The molecular formula is C15H24N2O. The van der Waals surface area contributed by atoms with Crippen molar-refractivity contribution in [3.63, 3.8) is 0 Å². The first kappa shape index (κ1) is 13.5. The van der Waals surface area contributed by atoms with Gasteiger partial charge < -0.3 is 4.74 Å². The summed E-state index contributed by atoms with van der Waals surface area (Å²) in [6.45, 7) is 3.54. The molecule has 0 saturated heterocycles. The first-order valence-electron chi connectivity index (χ1n) is 6.99. The van der Waals surface area contributed by atoms with E-state index in [1.54, 1.807) is 0 Å². The molecule has 1 aliphatic carbocycles. The molecule has 0 bridgehead atoms. The van der Waals surface area contributed by atoms with Crippen LogP contribution in [0.5, 0.6) is 0 Å². The van der Waals surface area contributed by atoms with Crippen LogP contribution in [0, 0.1) is 0 Å². The van der Waals surface area contributed by atoms with Gasteiger partial charge >= 0.3 is 0 Å². The maximum Gasteiger partial charge on any atom is 0.0484 e. The first-order valence-corrected chi connectivity index (χ1v) is 6.99. The van der Waals surface area contributed by atoms with Gasteiger partial charge in [0.25, 0.3) is 0 Å². The van der Waals surface area contributed by atoms with E-state index in [0.717, 1.165) is 25.6 Å². The number of hydrogen-bond donors (Lipinski definition) is 2. The first-order chi connectivity index (χ1) is 8.86. The lowest BCUT2D eigenvalue weighted by molar-refractivity contribution is 0.136. The Bertz CT molecular complexity index is 363. The molecular weight excluding hydrogens is 224 g/mol. The smallest absolute Gasteiger partial charge is 0.0484 e. The van der Waals surface area contributed by atoms with Crippen LogP contribution in [0.25, 0.3) is 0 Å². The van der Waals surface area contributed by atoms with Crippen LogP contribution in [0.3, 0.4) is 0 Å². The molecule has 1 unspecified atom stereocenters. The maximum absolute atomic E-state index is 5.71. The zero-order valence-electron chi connectivity index (χ0n) is 11.2. The molecule has 3 nitrogen and oxygen atoms in total. The van der Waals surface area contributed by atoms with Crippen LogP contribution in [-0.2, 0) is 4.74 Å². The van der Waals surface area contributed by atoms with E-state index in [1.165, 1.54) is 30.4 Å². The molecule has 3 N–H and O–H groups in total. The number of nitrogens with two attached hydrogens (primary N) is 1. The van der Waals surface area contributed by atoms with E-state index in [2.05, 4.69) is 29.7 Å². The van der Waals surface area contributed by atoms with Crippen LogP contribution in [0.4, 0.5) is 0 Å². The van der Waals surface area contributed by atoms with Crippen LogP contribution < -0.4 is 11.3 Å². The number of rotatable bonds is 7. The van der Waals surface area contributed by atoms with E-state index in [-0.39, 0.29) is 6.04 Å². The molecule has 0 aliphatic heterocycles. The molecule has 1 atom stereocenters. The summed E-state index contributed by atoms with van der Waals surface area (Å²) in [5, 5.41) is 0. The molecule has 1 fully saturated rings. The second-order valence-electron chi connectivity index (χ2n) is 4.96. The summed E-state index contributed by atoms with van der Waals surface area (Å²) in [7, 11) is 0. The zero-order chi connectivity index (χ0) is 12.8. The predicted octanol–water partition coefficient (Wildman–Crippen LogP) is 2.89. The van der Waals surface area contributed by atoms with E-state index < -0.39 is 0 Å². The molecule has 0 radical (unpaired) electrons. The van der Waals surface area contributed by atoms with Gasteiger partial charge in [-0.2, -0.15) is 0 Å². The van der Waals surface area contributed by atoms with E-state index in [0.29, 0.717) is 0 Å². The maximum atomic E-state index is 5.71. The van der Waals surface area contributed by atoms with Crippen molar-refractivity contribution in [1.82, 2.24) is 5.43 Å². The van der Waals surface area contributed by atoms with Crippen molar-refractivity contribution in [3.05, 3.63) is 35.4 Å². The molecule has 0 amide bonds. The number of hydrogen-bond acceptors (Lipinski definition) is 3. The number of benzene rings is 1. The summed E-state index contributed by atoms with van der Waals surface area (Å²) in [5.74, 6) is 6.45. The van der Waals surface area contributed by atoms with Gasteiger partial charge in [0.05, 0.1) is 0 Å². The van der Waals surface area contributed by atoms with Crippen molar-refractivity contribution in [1.29, 1.82) is 0 Å². The van der Waals surface area contributed by atoms with Gasteiger partial charge in [-0.3, -0.25) is 11.3 Å². The Kier molecular flexibility index (Phi) is 5.17. The summed E-state index contributed by atoms with van der Waals surface area (Å²) in [5.41, 5.74) is 5.77. The molecule has 18 heavy (non-hydrogen) atoms. The van der Waals surface area contributed by atoms with Gasteiger partial charge in [-0.1, -0.05) is 30.7 Å². The minimum absolute atomic E-state index is 0.202. The Morgan fingerprint density at radius 3 is 2.78 bits per heavy atom. The minimum Gasteiger partial charge on any atom is -0.382 e. The average molecular weight is 248 g/mol. The Hall–Kier alpha value is -0.900. The largest absolute Gasteiger partial charge is 0.382 e. The normalized spacial score (nSPS) is 17.4. The SMILES string of the molecule is CCOCCC(NN)c1ccccc1C1CCC1. The monoisotopic (exact) mass is 248 g/mol. The van der Waals surface area contributed by atoms with Crippen LogP contribution >= 0.6 is 0 Å². The Morgan fingerprint density at radius 2 is 2.17 bits per heavy atom. The topological polar surface area (TPSA) is 47.3 Å². The van der Waals surface area contributed by atoms with Crippen molar-refractivity contribution >= 4 is 0 Å². The molecule has 0 spiro atoms. The Balaban J connectivity index is 2.08. The van der Waals surface area contributed by atoms with Crippen molar-refractivity contribution in [2.24, 2.45) is 5.84 Å². The number of hydrazine groups is 1. The molecule has 3 heteroatoms. The predicted molar refractivity (Wildman–Crippen MR) is 74.2 cm³/mol. The van der Waals surface area contributed by atoms with Gasteiger partial charge in [0.1, 0.15) is 0 Å². The molecule has 1 aromatic rings. The second-order valence-corrected chi connectivity index (χ2v) is 4.96. The van der Waals surface area contributed by atoms with E-state index in [1.807, 2.05) is 6.92 Å². The summed E-state index contributed by atoms with van der Waals surface area (Å²) < 4.78 is 5.43. The lowest BCUT2D eigenvalue weighted by atomic mass is 9.77. The standard InChI is InChI=1S/C15H24N2O/c1-2-18-11-10-15(17-16)14-9-4-3-8-13(14)12-6-5-7-12/h3-4,8-9,12,15,17H,2,5-7,10-11,16H2,1H3. The lowest BCUT2D eigenvalue weighted by Crippen LogP contribution is -2.30. The van der Waals surface area contributed by atoms with Crippen LogP contribution in [-0.4, -0.2) is 13.2 Å². The van der Waals surface area contributed by atoms with Crippen molar-refractivity contribution in [2.75, 3.05) is 13.2 Å². The fourth-order valence-corrected chi connectivity index (χ4v) is 2.59. The fourth-order valence-electron chi connectivity index (χ4n) is 2.59. The van der Waals surface area contributed by atoms with Crippen molar-refractivity contribution in [3.8, 4) is 0 Å². The second kappa shape index (κ2) is 6.88. The highest BCUT2D eigenvalue weighted by atomic mass is 16.5.